The maximum atomic E-state index is 13.9. The first-order valence-electron chi connectivity index (χ1n) is 5.00. The molecule has 0 amide bonds. The van der Waals surface area contributed by atoms with Gasteiger partial charge in [-0.05, 0) is 46.6 Å². The Bertz CT molecular complexity index is 582. The molecule has 0 aliphatic heterocycles. The van der Waals surface area contributed by atoms with Crippen molar-refractivity contribution in [1.29, 1.82) is 0 Å². The van der Waals surface area contributed by atoms with Crippen molar-refractivity contribution in [2.75, 3.05) is 5.73 Å². The lowest BCUT2D eigenvalue weighted by Crippen LogP contribution is -1.96. The average molecular weight is 298 g/mol. The van der Waals surface area contributed by atoms with Gasteiger partial charge in [0.2, 0.25) is 0 Å². The van der Waals surface area contributed by atoms with Crippen LogP contribution in [0.1, 0.15) is 5.56 Å². The maximum Gasteiger partial charge on any atom is 0.148 e. The van der Waals surface area contributed by atoms with Crippen LogP contribution in [0.25, 0.3) is 11.1 Å². The monoisotopic (exact) mass is 297 g/mol. The second-order valence-electron chi connectivity index (χ2n) is 3.81. The second-order valence-corrected chi connectivity index (χ2v) is 4.66. The molecule has 2 N–H and O–H groups in total. The molecule has 0 spiro atoms. The highest BCUT2D eigenvalue weighted by Crippen LogP contribution is 2.34. The summed E-state index contributed by atoms with van der Waals surface area (Å²) in [5.74, 6) is -1.26. The van der Waals surface area contributed by atoms with E-state index in [9.17, 15) is 8.78 Å². The van der Waals surface area contributed by atoms with Crippen LogP contribution < -0.4 is 5.73 Å². The highest BCUT2D eigenvalue weighted by molar-refractivity contribution is 9.10. The van der Waals surface area contributed by atoms with Crippen LogP contribution in [-0.4, -0.2) is 0 Å². The largest absolute Gasteiger partial charge is 0.398 e. The molecule has 0 bridgehead atoms. The van der Waals surface area contributed by atoms with Gasteiger partial charge in [-0.1, -0.05) is 12.1 Å². The lowest BCUT2D eigenvalue weighted by Gasteiger charge is -2.10. The fourth-order valence-corrected chi connectivity index (χ4v) is 2.01. The van der Waals surface area contributed by atoms with Gasteiger partial charge in [0.25, 0.3) is 0 Å². The van der Waals surface area contributed by atoms with Gasteiger partial charge in [-0.3, -0.25) is 0 Å². The summed E-state index contributed by atoms with van der Waals surface area (Å²) in [4.78, 5) is 0. The third-order valence-corrected chi connectivity index (χ3v) is 3.13. The van der Waals surface area contributed by atoms with Crippen LogP contribution in [0.3, 0.4) is 0 Å². The number of nitrogens with two attached hydrogens (primary N) is 1. The molecule has 0 radical (unpaired) electrons. The minimum Gasteiger partial charge on any atom is -0.398 e. The van der Waals surface area contributed by atoms with Gasteiger partial charge in [0, 0.05) is 11.3 Å². The van der Waals surface area contributed by atoms with Gasteiger partial charge in [-0.2, -0.15) is 0 Å². The fourth-order valence-electron chi connectivity index (χ4n) is 1.68. The molecule has 88 valence electrons. The van der Waals surface area contributed by atoms with E-state index in [-0.39, 0.29) is 10.0 Å². The van der Waals surface area contributed by atoms with E-state index in [2.05, 4.69) is 15.9 Å². The SMILES string of the molecule is Cc1ccc(-c2c(F)ccc(Br)c2F)c(N)c1. The van der Waals surface area contributed by atoms with Gasteiger partial charge >= 0.3 is 0 Å². The second kappa shape index (κ2) is 4.45. The van der Waals surface area contributed by atoms with E-state index >= 15 is 0 Å². The number of nitrogen functional groups attached to an aromatic ring is 1. The average Bonchev–Trinajstić information content (AvgIpc) is 2.27. The van der Waals surface area contributed by atoms with E-state index in [1.807, 2.05) is 6.92 Å². The van der Waals surface area contributed by atoms with Crippen molar-refractivity contribution in [1.82, 2.24) is 0 Å². The number of anilines is 1. The van der Waals surface area contributed by atoms with E-state index in [1.165, 1.54) is 12.1 Å². The Morgan fingerprint density at radius 2 is 1.82 bits per heavy atom. The smallest absolute Gasteiger partial charge is 0.148 e. The van der Waals surface area contributed by atoms with Gasteiger partial charge in [-0.15, -0.1) is 0 Å². The third-order valence-electron chi connectivity index (χ3n) is 2.52. The zero-order chi connectivity index (χ0) is 12.6. The van der Waals surface area contributed by atoms with Crippen molar-refractivity contribution in [2.24, 2.45) is 0 Å². The van der Waals surface area contributed by atoms with Crippen molar-refractivity contribution in [3.05, 3.63) is 52.0 Å². The van der Waals surface area contributed by atoms with Crippen LogP contribution in [-0.2, 0) is 0 Å². The Morgan fingerprint density at radius 1 is 1.12 bits per heavy atom. The number of rotatable bonds is 1. The van der Waals surface area contributed by atoms with Crippen LogP contribution in [0.4, 0.5) is 14.5 Å². The molecule has 0 heterocycles. The Labute approximate surface area is 106 Å². The number of benzene rings is 2. The molecule has 0 saturated carbocycles. The van der Waals surface area contributed by atoms with E-state index in [1.54, 1.807) is 18.2 Å². The Balaban J connectivity index is 2.72. The van der Waals surface area contributed by atoms with Gasteiger partial charge in [0.05, 0.1) is 10.0 Å². The molecular weight excluding hydrogens is 288 g/mol. The molecule has 1 nitrogen and oxygen atoms in total. The molecule has 0 unspecified atom stereocenters. The van der Waals surface area contributed by atoms with E-state index < -0.39 is 11.6 Å². The summed E-state index contributed by atoms with van der Waals surface area (Å²) < 4.78 is 27.8. The predicted molar refractivity (Wildman–Crippen MR) is 68.6 cm³/mol. The summed E-state index contributed by atoms with van der Waals surface area (Å²) in [6.45, 7) is 1.87. The summed E-state index contributed by atoms with van der Waals surface area (Å²) in [7, 11) is 0. The summed E-state index contributed by atoms with van der Waals surface area (Å²) in [5.41, 5.74) is 7.37. The summed E-state index contributed by atoms with van der Waals surface area (Å²) in [6, 6.07) is 7.62. The lowest BCUT2D eigenvalue weighted by molar-refractivity contribution is 0.585. The molecular formula is C13H10BrF2N. The quantitative estimate of drug-likeness (QED) is 0.617. The van der Waals surface area contributed by atoms with Crippen LogP contribution in [0.2, 0.25) is 0 Å². The summed E-state index contributed by atoms with van der Waals surface area (Å²) in [5, 5.41) is 0. The van der Waals surface area contributed by atoms with Crippen molar-refractivity contribution < 1.29 is 8.78 Å². The van der Waals surface area contributed by atoms with Gasteiger partial charge in [0.15, 0.2) is 0 Å². The minimum absolute atomic E-state index is 0.100. The van der Waals surface area contributed by atoms with Gasteiger partial charge in [0.1, 0.15) is 11.6 Å². The summed E-state index contributed by atoms with van der Waals surface area (Å²) in [6.07, 6.45) is 0. The number of hydrogen-bond donors (Lipinski definition) is 1. The first-order valence-corrected chi connectivity index (χ1v) is 5.80. The highest BCUT2D eigenvalue weighted by Gasteiger charge is 2.16. The number of hydrogen-bond acceptors (Lipinski definition) is 1. The fraction of sp³-hybridized carbons (Fsp3) is 0.0769. The molecule has 0 saturated heterocycles. The minimum atomic E-state index is -0.638. The summed E-state index contributed by atoms with van der Waals surface area (Å²) >= 11 is 3.03. The van der Waals surface area contributed by atoms with Crippen molar-refractivity contribution >= 4 is 21.6 Å². The maximum absolute atomic E-state index is 13.9. The third kappa shape index (κ3) is 2.17. The molecule has 2 aromatic carbocycles. The Kier molecular flexibility index (Phi) is 3.15. The van der Waals surface area contributed by atoms with Crippen molar-refractivity contribution in [2.45, 2.75) is 6.92 Å². The number of halogens is 3. The molecule has 0 atom stereocenters. The van der Waals surface area contributed by atoms with E-state index in [0.717, 1.165) is 5.56 Å². The lowest BCUT2D eigenvalue weighted by atomic mass is 10.0. The standard InChI is InChI=1S/C13H10BrF2N/c1-7-2-3-8(11(17)6-7)12-10(15)5-4-9(14)13(12)16/h2-6H,17H2,1H3. The normalized spacial score (nSPS) is 10.6. The molecule has 4 heteroatoms. The van der Waals surface area contributed by atoms with Crippen LogP contribution in [0.15, 0.2) is 34.8 Å². The molecule has 0 aromatic heterocycles. The molecule has 0 aliphatic rings. The van der Waals surface area contributed by atoms with Crippen molar-refractivity contribution in [3.8, 4) is 11.1 Å². The number of aryl methyl sites for hydroxylation is 1. The van der Waals surface area contributed by atoms with Gasteiger partial charge < -0.3 is 5.73 Å². The van der Waals surface area contributed by atoms with Crippen LogP contribution in [0.5, 0.6) is 0 Å². The zero-order valence-electron chi connectivity index (χ0n) is 9.10. The zero-order valence-corrected chi connectivity index (χ0v) is 10.7. The first-order chi connectivity index (χ1) is 8.00. The molecule has 2 rings (SSSR count). The van der Waals surface area contributed by atoms with Crippen LogP contribution in [0, 0.1) is 18.6 Å². The van der Waals surface area contributed by atoms with Gasteiger partial charge in [-0.25, -0.2) is 8.78 Å². The van der Waals surface area contributed by atoms with Crippen LogP contribution >= 0.6 is 15.9 Å². The topological polar surface area (TPSA) is 26.0 Å². The molecule has 2 aromatic rings. The van der Waals surface area contributed by atoms with E-state index in [0.29, 0.717) is 11.3 Å². The predicted octanol–water partition coefficient (Wildman–Crippen LogP) is 4.28. The first kappa shape index (κ1) is 12.0. The molecule has 0 fully saturated rings. The highest BCUT2D eigenvalue weighted by atomic mass is 79.9. The molecule has 17 heavy (non-hydrogen) atoms. The molecule has 0 aliphatic carbocycles. The Morgan fingerprint density at radius 3 is 2.47 bits per heavy atom. The van der Waals surface area contributed by atoms with E-state index in [4.69, 9.17) is 5.73 Å². The Hall–Kier alpha value is -1.42. The van der Waals surface area contributed by atoms with Crippen molar-refractivity contribution in [3.63, 3.8) is 0 Å².